The number of rotatable bonds is 8. The molecule has 2 amide bonds. The molecule has 0 spiro atoms. The minimum absolute atomic E-state index is 0.0298. The molecule has 38 heavy (non-hydrogen) atoms. The molecule has 3 N–H and O–H groups in total. The second kappa shape index (κ2) is 11.2. The summed E-state index contributed by atoms with van der Waals surface area (Å²) in [5.41, 5.74) is -1.52. The number of ether oxygens (including phenoxy) is 1. The van der Waals surface area contributed by atoms with Gasteiger partial charge in [-0.05, 0) is 5.92 Å². The standard InChI is InChI=1S/C25H30N6O7/c1-13(2)16(18(33)21-29-30-23(38-21)25(3,4)5)26-15(32)12-31-19(14-10-8-7-9-11-14)28-20(34)17(22(31)35)27-24(36)37-6/h7-11,13,16,34H,12H2,1-6H3,(H,26,32)(H,27,36)/t16-/m1/s1. The molecule has 2 heterocycles. The van der Waals surface area contributed by atoms with E-state index in [4.69, 9.17) is 4.42 Å². The van der Waals surface area contributed by atoms with E-state index >= 15 is 0 Å². The SMILES string of the molecule is COC(=O)Nc1c(O)nc(-c2ccccc2)n(CC(=O)N[C@@H](C(=O)c2nnc(C(C)(C)C)o2)C(C)C)c1=O. The number of carbonyl (C=O) groups excluding carboxylic acids is 3. The van der Waals surface area contributed by atoms with Crippen LogP contribution < -0.4 is 16.2 Å². The van der Waals surface area contributed by atoms with Crippen LogP contribution in [0.4, 0.5) is 10.5 Å². The van der Waals surface area contributed by atoms with Gasteiger partial charge in [-0.15, -0.1) is 10.2 Å². The first kappa shape index (κ1) is 28.0. The lowest BCUT2D eigenvalue weighted by Gasteiger charge is -2.21. The summed E-state index contributed by atoms with van der Waals surface area (Å²) >= 11 is 0. The Morgan fingerprint density at radius 2 is 1.79 bits per heavy atom. The van der Waals surface area contributed by atoms with Crippen molar-refractivity contribution in [3.63, 3.8) is 0 Å². The summed E-state index contributed by atoms with van der Waals surface area (Å²) in [5, 5.41) is 22.9. The van der Waals surface area contributed by atoms with Crippen LogP contribution in [0.2, 0.25) is 0 Å². The minimum Gasteiger partial charge on any atom is -0.492 e. The Morgan fingerprint density at radius 1 is 1.13 bits per heavy atom. The van der Waals surface area contributed by atoms with E-state index in [1.54, 1.807) is 44.2 Å². The zero-order valence-corrected chi connectivity index (χ0v) is 21.9. The number of ketones is 1. The normalized spacial score (nSPS) is 12.2. The van der Waals surface area contributed by atoms with Crippen molar-refractivity contribution in [3.05, 3.63) is 52.5 Å². The van der Waals surface area contributed by atoms with E-state index in [1.807, 2.05) is 20.8 Å². The van der Waals surface area contributed by atoms with Crippen LogP contribution in [-0.4, -0.2) is 55.8 Å². The summed E-state index contributed by atoms with van der Waals surface area (Å²) in [4.78, 5) is 55.3. The first-order chi connectivity index (χ1) is 17.8. The molecule has 0 saturated carbocycles. The maximum Gasteiger partial charge on any atom is 0.411 e. The number of nitrogens with zero attached hydrogens (tertiary/aromatic N) is 4. The molecule has 0 bridgehead atoms. The monoisotopic (exact) mass is 526 g/mol. The van der Waals surface area contributed by atoms with Crippen molar-refractivity contribution in [1.82, 2.24) is 25.1 Å². The van der Waals surface area contributed by atoms with Crippen LogP contribution in [0.15, 0.2) is 39.5 Å². The summed E-state index contributed by atoms with van der Waals surface area (Å²) in [5.74, 6) is -2.40. The number of carbonyl (C=O) groups is 3. The van der Waals surface area contributed by atoms with Gasteiger partial charge < -0.3 is 19.6 Å². The Hall–Kier alpha value is -4.55. The molecule has 1 atom stereocenters. The fourth-order valence-electron chi connectivity index (χ4n) is 3.42. The molecule has 202 valence electrons. The van der Waals surface area contributed by atoms with Gasteiger partial charge in [0.2, 0.25) is 23.5 Å². The first-order valence-corrected chi connectivity index (χ1v) is 11.7. The number of nitrogens with one attached hydrogen (secondary N) is 2. The van der Waals surface area contributed by atoms with Crippen LogP contribution in [0.3, 0.4) is 0 Å². The molecular formula is C25H30N6O7. The average Bonchev–Trinajstić information content (AvgIpc) is 3.37. The number of methoxy groups -OCH3 is 1. The summed E-state index contributed by atoms with van der Waals surface area (Å²) in [6.45, 7) is 8.44. The average molecular weight is 527 g/mol. The molecule has 2 aromatic heterocycles. The topological polar surface area (TPSA) is 179 Å². The van der Waals surface area contributed by atoms with E-state index in [-0.39, 0.29) is 23.5 Å². The van der Waals surface area contributed by atoms with Gasteiger partial charge in [-0.1, -0.05) is 65.0 Å². The molecule has 0 aliphatic carbocycles. The third kappa shape index (κ3) is 6.22. The van der Waals surface area contributed by atoms with Gasteiger partial charge in [-0.25, -0.2) is 4.79 Å². The Kier molecular flexibility index (Phi) is 8.29. The molecule has 0 aliphatic heterocycles. The molecule has 13 heteroatoms. The van der Waals surface area contributed by atoms with Gasteiger partial charge in [0.15, 0.2) is 5.69 Å². The Morgan fingerprint density at radius 3 is 2.34 bits per heavy atom. The lowest BCUT2D eigenvalue weighted by Crippen LogP contribution is -2.46. The fourth-order valence-corrected chi connectivity index (χ4v) is 3.42. The highest BCUT2D eigenvalue weighted by atomic mass is 16.5. The highest BCUT2D eigenvalue weighted by Crippen LogP contribution is 2.24. The van der Waals surface area contributed by atoms with Crippen LogP contribution in [0.1, 0.15) is 51.2 Å². The molecule has 0 aliphatic rings. The van der Waals surface area contributed by atoms with Gasteiger partial charge in [-0.2, -0.15) is 4.98 Å². The van der Waals surface area contributed by atoms with Crippen molar-refractivity contribution < 1.29 is 28.6 Å². The number of aromatic nitrogens is 4. The molecule has 1 aromatic carbocycles. The smallest absolute Gasteiger partial charge is 0.411 e. The lowest BCUT2D eigenvalue weighted by molar-refractivity contribution is -0.122. The zero-order chi connectivity index (χ0) is 28.2. The second-order valence-corrected chi connectivity index (χ2v) is 9.82. The van der Waals surface area contributed by atoms with Gasteiger partial charge in [0.05, 0.1) is 13.2 Å². The van der Waals surface area contributed by atoms with Crippen LogP contribution in [-0.2, 0) is 21.5 Å². The zero-order valence-electron chi connectivity index (χ0n) is 21.9. The molecule has 0 fully saturated rings. The number of amides is 2. The molecular weight excluding hydrogens is 496 g/mol. The minimum atomic E-state index is -1.04. The molecule has 3 rings (SSSR count). The van der Waals surface area contributed by atoms with Crippen LogP contribution in [0.25, 0.3) is 11.4 Å². The summed E-state index contributed by atoms with van der Waals surface area (Å²) in [6, 6.07) is 7.34. The molecule has 0 saturated heterocycles. The largest absolute Gasteiger partial charge is 0.492 e. The maximum atomic E-state index is 13.3. The van der Waals surface area contributed by atoms with Gasteiger partial charge >= 0.3 is 6.09 Å². The predicted molar refractivity (Wildman–Crippen MR) is 136 cm³/mol. The van der Waals surface area contributed by atoms with Crippen molar-refractivity contribution in [2.24, 2.45) is 5.92 Å². The Labute approximate surface area is 218 Å². The third-order valence-electron chi connectivity index (χ3n) is 5.44. The van der Waals surface area contributed by atoms with Crippen LogP contribution >= 0.6 is 0 Å². The van der Waals surface area contributed by atoms with E-state index in [9.17, 15) is 24.3 Å². The summed E-state index contributed by atoms with van der Waals surface area (Å²) < 4.78 is 11.0. The second-order valence-electron chi connectivity index (χ2n) is 9.82. The van der Waals surface area contributed by atoms with E-state index in [0.717, 1.165) is 11.7 Å². The van der Waals surface area contributed by atoms with Crippen molar-refractivity contribution in [3.8, 4) is 17.3 Å². The van der Waals surface area contributed by atoms with Crippen molar-refractivity contribution in [2.45, 2.75) is 52.6 Å². The molecule has 0 radical (unpaired) electrons. The first-order valence-electron chi connectivity index (χ1n) is 11.7. The van der Waals surface area contributed by atoms with E-state index in [2.05, 4.69) is 30.6 Å². The molecule has 3 aromatic rings. The summed E-state index contributed by atoms with van der Waals surface area (Å²) in [6.07, 6.45) is -1.01. The number of Topliss-reactive ketones (excluding diaryl/α,β-unsaturated/α-hetero) is 1. The number of aromatic hydroxyl groups is 1. The number of hydrogen-bond acceptors (Lipinski definition) is 10. The van der Waals surface area contributed by atoms with Gasteiger partial charge in [0.1, 0.15) is 12.4 Å². The third-order valence-corrected chi connectivity index (χ3v) is 5.44. The van der Waals surface area contributed by atoms with E-state index in [0.29, 0.717) is 5.56 Å². The molecule has 13 nitrogen and oxygen atoms in total. The lowest BCUT2D eigenvalue weighted by atomic mass is 9.97. The Balaban J connectivity index is 1.96. The van der Waals surface area contributed by atoms with Crippen LogP contribution in [0.5, 0.6) is 5.88 Å². The van der Waals surface area contributed by atoms with Crippen molar-refractivity contribution in [2.75, 3.05) is 12.4 Å². The highest BCUT2D eigenvalue weighted by Gasteiger charge is 2.32. The van der Waals surface area contributed by atoms with Gasteiger partial charge in [0, 0.05) is 11.0 Å². The van der Waals surface area contributed by atoms with Gasteiger partial charge in [0.25, 0.3) is 11.4 Å². The van der Waals surface area contributed by atoms with Crippen LogP contribution in [0, 0.1) is 5.92 Å². The Bertz CT molecular complexity index is 1390. The summed E-state index contributed by atoms with van der Waals surface area (Å²) in [7, 11) is 1.08. The van der Waals surface area contributed by atoms with E-state index in [1.165, 1.54) is 0 Å². The number of benzene rings is 1. The number of hydrogen-bond donors (Lipinski definition) is 3. The van der Waals surface area contributed by atoms with Crippen molar-refractivity contribution in [1.29, 1.82) is 0 Å². The fraction of sp³-hybridized carbons (Fsp3) is 0.400. The van der Waals surface area contributed by atoms with E-state index < -0.39 is 52.9 Å². The molecule has 0 unspecified atom stereocenters. The highest BCUT2D eigenvalue weighted by molar-refractivity contribution is 5.98. The van der Waals surface area contributed by atoms with Gasteiger partial charge in [-0.3, -0.25) is 24.3 Å². The quantitative estimate of drug-likeness (QED) is 0.369. The van der Waals surface area contributed by atoms with Crippen molar-refractivity contribution >= 4 is 23.5 Å². The predicted octanol–water partition coefficient (Wildman–Crippen LogP) is 2.50. The number of anilines is 1. The maximum absolute atomic E-state index is 13.3.